The van der Waals surface area contributed by atoms with E-state index < -0.39 is 23.1 Å². The average molecular weight is 279 g/mol. The molecule has 2 N–H and O–H groups in total. The van der Waals surface area contributed by atoms with E-state index in [-0.39, 0.29) is 12.3 Å². The SMILES string of the molecule is CCC(CC)(CO)Nc1ccc(C(F)(F)F)cc1F. The van der Waals surface area contributed by atoms with Crippen molar-refractivity contribution in [1.29, 1.82) is 0 Å². The van der Waals surface area contributed by atoms with Crippen molar-refractivity contribution in [3.05, 3.63) is 29.6 Å². The monoisotopic (exact) mass is 279 g/mol. The number of aliphatic hydroxyl groups excluding tert-OH is 1. The summed E-state index contributed by atoms with van der Waals surface area (Å²) in [6.45, 7) is 3.41. The van der Waals surface area contributed by atoms with Crippen molar-refractivity contribution in [3.8, 4) is 0 Å². The Bertz CT molecular complexity index is 419. The summed E-state index contributed by atoms with van der Waals surface area (Å²) in [7, 11) is 0. The second-order valence-electron chi connectivity index (χ2n) is 4.46. The van der Waals surface area contributed by atoms with Crippen LogP contribution in [0, 0.1) is 5.82 Å². The lowest BCUT2D eigenvalue weighted by atomic mass is 9.93. The second kappa shape index (κ2) is 5.77. The summed E-state index contributed by atoms with van der Waals surface area (Å²) in [5.74, 6) is -0.977. The molecule has 0 heterocycles. The third-order valence-corrected chi connectivity index (χ3v) is 3.35. The first-order valence-electron chi connectivity index (χ1n) is 6.04. The molecule has 0 amide bonds. The molecule has 1 aromatic rings. The molecule has 1 rings (SSSR count). The van der Waals surface area contributed by atoms with Gasteiger partial charge >= 0.3 is 6.18 Å². The Morgan fingerprint density at radius 1 is 1.16 bits per heavy atom. The summed E-state index contributed by atoms with van der Waals surface area (Å²) in [6, 6.07) is 2.32. The van der Waals surface area contributed by atoms with Gasteiger partial charge in [0.15, 0.2) is 0 Å². The third kappa shape index (κ3) is 3.59. The summed E-state index contributed by atoms with van der Waals surface area (Å²) in [6.07, 6.45) is -3.51. The van der Waals surface area contributed by atoms with Gasteiger partial charge in [-0.2, -0.15) is 13.2 Å². The van der Waals surface area contributed by atoms with Crippen molar-refractivity contribution in [2.75, 3.05) is 11.9 Å². The Labute approximate surface area is 109 Å². The minimum atomic E-state index is -4.57. The Hall–Kier alpha value is -1.30. The summed E-state index contributed by atoms with van der Waals surface area (Å²) in [4.78, 5) is 0. The summed E-state index contributed by atoms with van der Waals surface area (Å²) >= 11 is 0. The molecule has 0 aliphatic heterocycles. The number of hydrogen-bond donors (Lipinski definition) is 2. The maximum absolute atomic E-state index is 13.7. The van der Waals surface area contributed by atoms with Gasteiger partial charge in [-0.1, -0.05) is 13.8 Å². The molecule has 2 nitrogen and oxygen atoms in total. The molecular weight excluding hydrogens is 262 g/mol. The zero-order valence-electron chi connectivity index (χ0n) is 10.8. The van der Waals surface area contributed by atoms with Crippen LogP contribution in [0.15, 0.2) is 18.2 Å². The van der Waals surface area contributed by atoms with E-state index in [0.29, 0.717) is 18.9 Å². The van der Waals surface area contributed by atoms with Gasteiger partial charge in [-0.25, -0.2) is 4.39 Å². The fourth-order valence-electron chi connectivity index (χ4n) is 1.77. The van der Waals surface area contributed by atoms with Crippen LogP contribution in [0.25, 0.3) is 0 Å². The Kier molecular flexibility index (Phi) is 4.79. The molecule has 0 saturated carbocycles. The van der Waals surface area contributed by atoms with Gasteiger partial charge < -0.3 is 10.4 Å². The fourth-order valence-corrected chi connectivity index (χ4v) is 1.77. The van der Waals surface area contributed by atoms with Gasteiger partial charge in [0, 0.05) is 0 Å². The van der Waals surface area contributed by atoms with E-state index in [9.17, 15) is 22.7 Å². The van der Waals surface area contributed by atoms with E-state index in [1.54, 1.807) is 0 Å². The second-order valence-corrected chi connectivity index (χ2v) is 4.46. The minimum Gasteiger partial charge on any atom is -0.394 e. The van der Waals surface area contributed by atoms with Gasteiger partial charge in [-0.3, -0.25) is 0 Å². The van der Waals surface area contributed by atoms with Crippen LogP contribution in [0.4, 0.5) is 23.2 Å². The molecule has 6 heteroatoms. The standard InChI is InChI=1S/C13H17F4NO/c1-3-12(4-2,8-19)18-11-6-5-9(7-10(11)14)13(15,16)17/h5-7,18-19H,3-4,8H2,1-2H3. The fraction of sp³-hybridized carbons (Fsp3) is 0.538. The van der Waals surface area contributed by atoms with Crippen molar-refractivity contribution in [1.82, 2.24) is 0 Å². The molecule has 0 radical (unpaired) electrons. The first-order chi connectivity index (χ1) is 8.78. The molecule has 0 fully saturated rings. The number of benzene rings is 1. The topological polar surface area (TPSA) is 32.3 Å². The highest BCUT2D eigenvalue weighted by Gasteiger charge is 2.32. The molecular formula is C13H17F4NO. The maximum atomic E-state index is 13.7. The van der Waals surface area contributed by atoms with E-state index in [1.807, 2.05) is 13.8 Å². The minimum absolute atomic E-state index is 0.0363. The number of anilines is 1. The third-order valence-electron chi connectivity index (χ3n) is 3.35. The number of rotatable bonds is 5. The lowest BCUT2D eigenvalue weighted by Gasteiger charge is -2.32. The molecule has 0 bridgehead atoms. The van der Waals surface area contributed by atoms with Crippen molar-refractivity contribution >= 4 is 5.69 Å². The van der Waals surface area contributed by atoms with Crippen LogP contribution in [0.3, 0.4) is 0 Å². The Morgan fingerprint density at radius 2 is 1.74 bits per heavy atom. The lowest BCUT2D eigenvalue weighted by molar-refractivity contribution is -0.137. The zero-order chi connectivity index (χ0) is 14.7. The van der Waals surface area contributed by atoms with Crippen LogP contribution >= 0.6 is 0 Å². The number of nitrogens with one attached hydrogen (secondary N) is 1. The van der Waals surface area contributed by atoms with E-state index in [1.165, 1.54) is 0 Å². The highest BCUT2D eigenvalue weighted by atomic mass is 19.4. The quantitative estimate of drug-likeness (QED) is 0.803. The summed E-state index contributed by atoms with van der Waals surface area (Å²) in [5.41, 5.74) is -1.79. The number of aliphatic hydroxyl groups is 1. The zero-order valence-corrected chi connectivity index (χ0v) is 10.8. The average Bonchev–Trinajstić information content (AvgIpc) is 2.37. The normalized spacial score (nSPS) is 12.6. The molecule has 0 aromatic heterocycles. The van der Waals surface area contributed by atoms with Gasteiger partial charge in [0.05, 0.1) is 23.4 Å². The Morgan fingerprint density at radius 3 is 2.11 bits per heavy atom. The largest absolute Gasteiger partial charge is 0.416 e. The molecule has 0 atom stereocenters. The van der Waals surface area contributed by atoms with Crippen LogP contribution in [0.5, 0.6) is 0 Å². The van der Waals surface area contributed by atoms with Crippen LogP contribution in [-0.2, 0) is 6.18 Å². The van der Waals surface area contributed by atoms with E-state index >= 15 is 0 Å². The summed E-state index contributed by atoms with van der Waals surface area (Å²) in [5, 5.41) is 12.1. The molecule has 0 spiro atoms. The highest BCUT2D eigenvalue weighted by molar-refractivity contribution is 5.49. The predicted octanol–water partition coefficient (Wildman–Crippen LogP) is 3.81. The Balaban J connectivity index is 3.04. The first-order valence-corrected chi connectivity index (χ1v) is 6.04. The first kappa shape index (κ1) is 15.8. The van der Waals surface area contributed by atoms with Crippen molar-refractivity contribution < 1.29 is 22.7 Å². The molecule has 108 valence electrons. The van der Waals surface area contributed by atoms with E-state index in [2.05, 4.69) is 5.32 Å². The van der Waals surface area contributed by atoms with Gasteiger partial charge in [0.25, 0.3) is 0 Å². The summed E-state index contributed by atoms with van der Waals surface area (Å²) < 4.78 is 50.9. The van der Waals surface area contributed by atoms with Crippen molar-refractivity contribution in [2.45, 2.75) is 38.4 Å². The highest BCUT2D eigenvalue weighted by Crippen LogP contribution is 2.32. The molecule has 0 saturated heterocycles. The molecule has 0 aliphatic carbocycles. The smallest absolute Gasteiger partial charge is 0.394 e. The number of halogens is 4. The van der Waals surface area contributed by atoms with Gasteiger partial charge in [-0.05, 0) is 31.0 Å². The van der Waals surface area contributed by atoms with Crippen LogP contribution in [-0.4, -0.2) is 17.3 Å². The van der Waals surface area contributed by atoms with E-state index in [4.69, 9.17) is 0 Å². The molecule has 19 heavy (non-hydrogen) atoms. The van der Waals surface area contributed by atoms with Crippen molar-refractivity contribution in [2.24, 2.45) is 0 Å². The van der Waals surface area contributed by atoms with Crippen molar-refractivity contribution in [3.63, 3.8) is 0 Å². The lowest BCUT2D eigenvalue weighted by Crippen LogP contribution is -2.41. The number of alkyl halides is 3. The van der Waals surface area contributed by atoms with Crippen LogP contribution in [0.1, 0.15) is 32.3 Å². The van der Waals surface area contributed by atoms with Crippen LogP contribution in [0.2, 0.25) is 0 Å². The molecule has 1 aromatic carbocycles. The molecule has 0 unspecified atom stereocenters. The maximum Gasteiger partial charge on any atom is 0.416 e. The number of hydrogen-bond acceptors (Lipinski definition) is 2. The van der Waals surface area contributed by atoms with Gasteiger partial charge in [0.2, 0.25) is 0 Å². The van der Waals surface area contributed by atoms with Gasteiger partial charge in [-0.15, -0.1) is 0 Å². The molecule has 0 aliphatic rings. The van der Waals surface area contributed by atoms with E-state index in [0.717, 1.165) is 12.1 Å². The van der Waals surface area contributed by atoms with Crippen LogP contribution < -0.4 is 5.32 Å². The van der Waals surface area contributed by atoms with Gasteiger partial charge in [0.1, 0.15) is 5.82 Å². The predicted molar refractivity (Wildman–Crippen MR) is 65.4 cm³/mol.